The van der Waals surface area contributed by atoms with Crippen molar-refractivity contribution in [2.24, 2.45) is 0 Å². The van der Waals surface area contributed by atoms with Gasteiger partial charge in [0.15, 0.2) is 0 Å². The zero-order valence-corrected chi connectivity index (χ0v) is 12.3. The summed E-state index contributed by atoms with van der Waals surface area (Å²) in [6, 6.07) is 2.17. The first-order chi connectivity index (χ1) is 8.72. The summed E-state index contributed by atoms with van der Waals surface area (Å²) in [5.41, 5.74) is 1.14. The number of alkyl halides is 1. The molecular weight excluding hydrogens is 266 g/mol. The lowest BCUT2D eigenvalue weighted by molar-refractivity contribution is 0.0937. The largest absolute Gasteiger partial charge is 0.347 e. The minimum absolute atomic E-state index is 0.0550. The summed E-state index contributed by atoms with van der Waals surface area (Å²) in [6.45, 7) is 2.08. The molecule has 1 aliphatic carbocycles. The maximum atomic E-state index is 12.3. The lowest BCUT2D eigenvalue weighted by Gasteiger charge is -2.21. The maximum absolute atomic E-state index is 12.3. The molecule has 2 atom stereocenters. The Morgan fingerprint density at radius 1 is 1.44 bits per heavy atom. The van der Waals surface area contributed by atoms with E-state index in [9.17, 15) is 4.79 Å². The molecule has 1 aromatic heterocycles. The average Bonchev–Trinajstić information content (AvgIpc) is 2.76. The predicted molar refractivity (Wildman–Crippen MR) is 77.7 cm³/mol. The third-order valence-electron chi connectivity index (χ3n) is 3.58. The van der Waals surface area contributed by atoms with Crippen LogP contribution in [-0.2, 0) is 6.42 Å². The molecule has 2 nitrogen and oxygen atoms in total. The van der Waals surface area contributed by atoms with Crippen LogP contribution in [0.3, 0.4) is 0 Å². The molecule has 1 amide bonds. The predicted octanol–water partition coefficient (Wildman–Crippen LogP) is 3.98. The van der Waals surface area contributed by atoms with Crippen LogP contribution in [0, 0.1) is 0 Å². The number of rotatable bonds is 3. The van der Waals surface area contributed by atoms with Crippen molar-refractivity contribution in [2.75, 3.05) is 0 Å². The molecule has 0 aliphatic heterocycles. The van der Waals surface area contributed by atoms with Crippen LogP contribution in [0.5, 0.6) is 0 Å². The zero-order chi connectivity index (χ0) is 13.0. The quantitative estimate of drug-likeness (QED) is 0.660. The van der Waals surface area contributed by atoms with E-state index in [-0.39, 0.29) is 17.3 Å². The van der Waals surface area contributed by atoms with Gasteiger partial charge in [-0.3, -0.25) is 4.79 Å². The number of thiophene rings is 1. The number of hydrogen-bond acceptors (Lipinski definition) is 2. The van der Waals surface area contributed by atoms with Crippen molar-refractivity contribution in [1.82, 2.24) is 5.32 Å². The first-order valence-electron chi connectivity index (χ1n) is 6.73. The molecule has 1 fully saturated rings. The smallest absolute Gasteiger partial charge is 0.261 e. The highest BCUT2D eigenvalue weighted by Crippen LogP contribution is 2.24. The Balaban J connectivity index is 2.01. The van der Waals surface area contributed by atoms with Crippen LogP contribution in [0.4, 0.5) is 0 Å². The number of aryl methyl sites for hydroxylation is 1. The van der Waals surface area contributed by atoms with E-state index < -0.39 is 0 Å². The van der Waals surface area contributed by atoms with Crippen molar-refractivity contribution in [2.45, 2.75) is 56.9 Å². The number of halogens is 1. The van der Waals surface area contributed by atoms with Crippen LogP contribution in [0.1, 0.15) is 54.3 Å². The van der Waals surface area contributed by atoms with Gasteiger partial charge in [-0.15, -0.1) is 22.9 Å². The highest BCUT2D eigenvalue weighted by molar-refractivity contribution is 7.12. The number of hydrogen-bond donors (Lipinski definition) is 1. The van der Waals surface area contributed by atoms with Crippen molar-refractivity contribution in [3.05, 3.63) is 21.9 Å². The summed E-state index contributed by atoms with van der Waals surface area (Å²) in [4.78, 5) is 13.1. The molecule has 0 saturated heterocycles. The summed E-state index contributed by atoms with van der Waals surface area (Å²) in [5.74, 6) is 0.0550. The summed E-state index contributed by atoms with van der Waals surface area (Å²) >= 11 is 7.88. The molecule has 0 bridgehead atoms. The molecule has 0 aromatic carbocycles. The van der Waals surface area contributed by atoms with E-state index in [1.165, 1.54) is 30.6 Å². The highest BCUT2D eigenvalue weighted by atomic mass is 35.5. The molecule has 1 saturated carbocycles. The van der Waals surface area contributed by atoms with Gasteiger partial charge in [0.25, 0.3) is 5.91 Å². The zero-order valence-electron chi connectivity index (χ0n) is 10.7. The Bertz CT molecular complexity index is 404. The molecule has 0 radical (unpaired) electrons. The normalized spacial score (nSPS) is 24.6. The van der Waals surface area contributed by atoms with Crippen molar-refractivity contribution in [3.8, 4) is 0 Å². The Labute approximate surface area is 118 Å². The third-order valence-corrected chi connectivity index (χ3v) is 5.06. The van der Waals surface area contributed by atoms with E-state index >= 15 is 0 Å². The van der Waals surface area contributed by atoms with Crippen molar-refractivity contribution in [1.29, 1.82) is 0 Å². The molecule has 2 unspecified atom stereocenters. The number of nitrogens with one attached hydrogen (secondary N) is 1. The van der Waals surface area contributed by atoms with Gasteiger partial charge in [0, 0.05) is 6.04 Å². The van der Waals surface area contributed by atoms with E-state index in [0.29, 0.717) is 0 Å². The van der Waals surface area contributed by atoms with Crippen LogP contribution in [0.25, 0.3) is 0 Å². The van der Waals surface area contributed by atoms with Crippen LogP contribution in [-0.4, -0.2) is 17.3 Å². The van der Waals surface area contributed by atoms with Gasteiger partial charge in [-0.2, -0.15) is 0 Å². The fraction of sp³-hybridized carbons (Fsp3) is 0.643. The first-order valence-corrected chi connectivity index (χ1v) is 8.05. The SMILES string of the molecule is CCc1ccsc1C(=O)NC1CCCCCC1Cl. The second kappa shape index (κ2) is 6.58. The summed E-state index contributed by atoms with van der Waals surface area (Å²) in [7, 11) is 0. The summed E-state index contributed by atoms with van der Waals surface area (Å²) in [5, 5.41) is 5.20. The summed E-state index contributed by atoms with van der Waals surface area (Å²) < 4.78 is 0. The minimum atomic E-state index is 0.0550. The van der Waals surface area contributed by atoms with Gasteiger partial charge in [0.05, 0.1) is 10.3 Å². The van der Waals surface area contributed by atoms with Crippen LogP contribution < -0.4 is 5.32 Å². The fourth-order valence-corrected chi connectivity index (χ4v) is 3.71. The van der Waals surface area contributed by atoms with Crippen LogP contribution in [0.15, 0.2) is 11.4 Å². The Kier molecular flexibility index (Phi) is 5.07. The number of carbonyl (C=O) groups is 1. The van der Waals surface area contributed by atoms with Gasteiger partial charge in [0.1, 0.15) is 0 Å². The van der Waals surface area contributed by atoms with Crippen LogP contribution >= 0.6 is 22.9 Å². The highest BCUT2D eigenvalue weighted by Gasteiger charge is 2.24. The van der Waals surface area contributed by atoms with Gasteiger partial charge in [-0.25, -0.2) is 0 Å². The molecule has 1 aliphatic rings. The first kappa shape index (κ1) is 13.9. The third kappa shape index (κ3) is 3.27. The van der Waals surface area contributed by atoms with E-state index in [1.807, 2.05) is 11.4 Å². The molecule has 1 N–H and O–H groups in total. The summed E-state index contributed by atoms with van der Waals surface area (Å²) in [6.07, 6.45) is 6.50. The monoisotopic (exact) mass is 285 g/mol. The second-order valence-corrected chi connectivity index (χ2v) is 6.34. The number of amides is 1. The molecule has 4 heteroatoms. The standard InChI is InChI=1S/C14H20ClNOS/c1-2-10-8-9-18-13(10)14(17)16-12-7-5-3-4-6-11(12)15/h8-9,11-12H,2-7H2,1H3,(H,16,17). The Hall–Kier alpha value is -0.540. The van der Waals surface area contributed by atoms with E-state index in [0.717, 1.165) is 29.7 Å². The second-order valence-electron chi connectivity index (χ2n) is 4.86. The Morgan fingerprint density at radius 2 is 2.22 bits per heavy atom. The molecule has 18 heavy (non-hydrogen) atoms. The Morgan fingerprint density at radius 3 is 3.00 bits per heavy atom. The fourth-order valence-electron chi connectivity index (χ4n) is 2.47. The maximum Gasteiger partial charge on any atom is 0.261 e. The van der Waals surface area contributed by atoms with Gasteiger partial charge in [-0.05, 0) is 36.3 Å². The van der Waals surface area contributed by atoms with E-state index in [1.54, 1.807) is 0 Å². The lowest BCUT2D eigenvalue weighted by Crippen LogP contribution is -2.40. The average molecular weight is 286 g/mol. The minimum Gasteiger partial charge on any atom is -0.347 e. The molecule has 1 heterocycles. The molecular formula is C14H20ClNOS. The van der Waals surface area contributed by atoms with Gasteiger partial charge in [0.2, 0.25) is 0 Å². The lowest BCUT2D eigenvalue weighted by atomic mass is 10.1. The molecule has 100 valence electrons. The number of carbonyl (C=O) groups excluding carboxylic acids is 1. The van der Waals surface area contributed by atoms with Gasteiger partial charge >= 0.3 is 0 Å². The topological polar surface area (TPSA) is 29.1 Å². The van der Waals surface area contributed by atoms with Crippen molar-refractivity contribution in [3.63, 3.8) is 0 Å². The van der Waals surface area contributed by atoms with Gasteiger partial charge in [-0.1, -0.05) is 26.2 Å². The van der Waals surface area contributed by atoms with E-state index in [2.05, 4.69) is 12.2 Å². The molecule has 0 spiro atoms. The van der Waals surface area contributed by atoms with Crippen molar-refractivity contribution < 1.29 is 4.79 Å². The molecule has 2 rings (SSSR count). The van der Waals surface area contributed by atoms with E-state index in [4.69, 9.17) is 11.6 Å². The van der Waals surface area contributed by atoms with Crippen LogP contribution in [0.2, 0.25) is 0 Å². The van der Waals surface area contributed by atoms with Crippen molar-refractivity contribution >= 4 is 28.8 Å². The van der Waals surface area contributed by atoms with Gasteiger partial charge < -0.3 is 5.32 Å². The molecule has 1 aromatic rings.